The number of halogens is 2. The van der Waals surface area contributed by atoms with Crippen LogP contribution in [0.5, 0.6) is 0 Å². The Morgan fingerprint density at radius 1 is 1.46 bits per heavy atom. The van der Waals surface area contributed by atoms with Gasteiger partial charge in [0.2, 0.25) is 0 Å². The van der Waals surface area contributed by atoms with Crippen molar-refractivity contribution < 1.29 is 17.0 Å². The lowest BCUT2D eigenvalue weighted by Gasteiger charge is -2.00. The summed E-state index contributed by atoms with van der Waals surface area (Å²) in [6.07, 6.45) is 0. The quantitative estimate of drug-likeness (QED) is 0.718. The Morgan fingerprint density at radius 2 is 2.08 bits per heavy atom. The molecule has 0 fully saturated rings. The fraction of sp³-hybridized carbons (Fsp3) is 0. The van der Waals surface area contributed by atoms with E-state index in [0.29, 0.717) is 0 Å². The molecule has 0 amide bonds. The lowest BCUT2D eigenvalue weighted by molar-refractivity contribution is 0.438. The zero-order chi connectivity index (χ0) is 10.1. The van der Waals surface area contributed by atoms with Gasteiger partial charge in [-0.15, -0.1) is 0 Å². The standard InChI is InChI=1S/C7H4ClFO3S/c1-12-13(10,11)5-2-3-7(9)6(8)4-5/h1-4H. The van der Waals surface area contributed by atoms with Gasteiger partial charge in [0.25, 0.3) is 10.1 Å². The zero-order valence-corrected chi connectivity index (χ0v) is 7.77. The van der Waals surface area contributed by atoms with Crippen molar-refractivity contribution in [3.05, 3.63) is 36.1 Å². The van der Waals surface area contributed by atoms with Crippen molar-refractivity contribution in [2.75, 3.05) is 0 Å². The van der Waals surface area contributed by atoms with E-state index in [9.17, 15) is 12.8 Å². The third-order valence-electron chi connectivity index (χ3n) is 1.31. The first-order valence-corrected chi connectivity index (χ1v) is 4.84. The Hall–Kier alpha value is -0.650. The Morgan fingerprint density at radius 3 is 2.54 bits per heavy atom. The van der Waals surface area contributed by atoms with Crippen LogP contribution in [-0.4, -0.2) is 8.42 Å². The van der Waals surface area contributed by atoms with E-state index in [4.69, 9.17) is 11.6 Å². The summed E-state index contributed by atoms with van der Waals surface area (Å²) in [4.78, 5) is -0.290. The van der Waals surface area contributed by atoms with Gasteiger partial charge in [-0.3, -0.25) is 4.18 Å². The summed E-state index contributed by atoms with van der Waals surface area (Å²) in [6, 6.07) is 2.83. The highest BCUT2D eigenvalue weighted by Crippen LogP contribution is 2.20. The summed E-state index contributed by atoms with van der Waals surface area (Å²) in [6.45, 7) is 0. The maximum atomic E-state index is 12.6. The summed E-state index contributed by atoms with van der Waals surface area (Å²) >= 11 is 5.34. The van der Waals surface area contributed by atoms with E-state index in [1.807, 2.05) is 0 Å². The van der Waals surface area contributed by atoms with E-state index in [1.54, 1.807) is 0 Å². The molecule has 2 radical (unpaired) electrons. The highest BCUT2D eigenvalue weighted by molar-refractivity contribution is 7.86. The second-order valence-corrected chi connectivity index (χ2v) is 4.11. The average molecular weight is 223 g/mol. The van der Waals surface area contributed by atoms with Gasteiger partial charge in [0, 0.05) is 0 Å². The molecule has 6 heteroatoms. The molecule has 0 atom stereocenters. The topological polar surface area (TPSA) is 43.4 Å². The molecule has 1 rings (SSSR count). The van der Waals surface area contributed by atoms with Crippen LogP contribution in [0.1, 0.15) is 0 Å². The van der Waals surface area contributed by atoms with Gasteiger partial charge >= 0.3 is 0 Å². The molecule has 13 heavy (non-hydrogen) atoms. The van der Waals surface area contributed by atoms with E-state index in [1.165, 1.54) is 0 Å². The second-order valence-electron chi connectivity index (χ2n) is 2.13. The van der Waals surface area contributed by atoms with Gasteiger partial charge in [-0.05, 0) is 18.2 Å². The molecule has 0 aliphatic heterocycles. The highest BCUT2D eigenvalue weighted by atomic mass is 35.5. The molecule has 0 aliphatic carbocycles. The molecule has 0 aliphatic rings. The lowest BCUT2D eigenvalue weighted by atomic mass is 10.3. The molecule has 70 valence electrons. The summed E-state index contributed by atoms with van der Waals surface area (Å²) in [5.74, 6) is -0.711. The molecule has 0 aromatic heterocycles. The smallest absolute Gasteiger partial charge is 0.257 e. The molecular weight excluding hydrogens is 219 g/mol. The Labute approximate surface area is 80.2 Å². The van der Waals surface area contributed by atoms with Crippen LogP contribution >= 0.6 is 11.6 Å². The Balaban J connectivity index is 3.27. The number of hydrogen-bond acceptors (Lipinski definition) is 3. The third-order valence-corrected chi connectivity index (χ3v) is 2.68. The van der Waals surface area contributed by atoms with Crippen molar-refractivity contribution in [2.45, 2.75) is 4.90 Å². The van der Waals surface area contributed by atoms with E-state index in [0.717, 1.165) is 18.2 Å². The third kappa shape index (κ3) is 2.18. The molecule has 0 bridgehead atoms. The van der Waals surface area contributed by atoms with Gasteiger partial charge < -0.3 is 0 Å². The summed E-state index contributed by atoms with van der Waals surface area (Å²) in [5, 5.41) is -0.307. The first kappa shape index (κ1) is 10.4. The Kier molecular flexibility index (Phi) is 2.90. The largest absolute Gasteiger partial charge is 0.297 e. The van der Waals surface area contributed by atoms with Crippen molar-refractivity contribution in [2.24, 2.45) is 0 Å². The van der Waals surface area contributed by atoms with Gasteiger partial charge in [-0.2, -0.15) is 8.42 Å². The lowest BCUT2D eigenvalue weighted by Crippen LogP contribution is -2.01. The zero-order valence-electron chi connectivity index (χ0n) is 6.20. The van der Waals surface area contributed by atoms with Crippen LogP contribution in [-0.2, 0) is 14.3 Å². The summed E-state index contributed by atoms with van der Waals surface area (Å²) in [5.41, 5.74) is 0. The average Bonchev–Trinajstić information content (AvgIpc) is 2.09. The van der Waals surface area contributed by atoms with Gasteiger partial charge in [0.05, 0.1) is 9.92 Å². The molecule has 0 saturated carbocycles. The SMILES string of the molecule is [CH]OS(=O)(=O)c1ccc(F)c(Cl)c1. The van der Waals surface area contributed by atoms with Crippen LogP contribution in [0.15, 0.2) is 23.1 Å². The molecule has 0 unspecified atom stereocenters. The monoisotopic (exact) mass is 222 g/mol. The van der Waals surface area contributed by atoms with Gasteiger partial charge in [-0.25, -0.2) is 4.39 Å². The first-order chi connectivity index (χ1) is 5.97. The van der Waals surface area contributed by atoms with Crippen molar-refractivity contribution in [1.29, 1.82) is 0 Å². The molecule has 1 aromatic rings. The number of hydrogen-bond donors (Lipinski definition) is 0. The number of benzene rings is 1. The van der Waals surface area contributed by atoms with Crippen molar-refractivity contribution in [3.63, 3.8) is 0 Å². The predicted octanol–water partition coefficient (Wildman–Crippen LogP) is 1.85. The fourth-order valence-corrected chi connectivity index (χ4v) is 1.54. The van der Waals surface area contributed by atoms with Crippen molar-refractivity contribution in [3.8, 4) is 0 Å². The fourth-order valence-electron chi connectivity index (χ4n) is 0.688. The van der Waals surface area contributed by atoms with Gasteiger partial charge in [0.1, 0.15) is 12.9 Å². The van der Waals surface area contributed by atoms with Gasteiger partial charge in [-0.1, -0.05) is 11.6 Å². The molecule has 3 nitrogen and oxygen atoms in total. The number of rotatable bonds is 2. The summed E-state index contributed by atoms with van der Waals surface area (Å²) < 4.78 is 38.2. The van der Waals surface area contributed by atoms with E-state index >= 15 is 0 Å². The van der Waals surface area contributed by atoms with Crippen LogP contribution in [0.2, 0.25) is 5.02 Å². The maximum Gasteiger partial charge on any atom is 0.297 e. The molecule has 0 heterocycles. The minimum Gasteiger partial charge on any atom is -0.257 e. The van der Waals surface area contributed by atoms with Crippen LogP contribution in [0, 0.1) is 12.9 Å². The molecule has 0 spiro atoms. The second kappa shape index (κ2) is 3.61. The predicted molar refractivity (Wildman–Crippen MR) is 44.0 cm³/mol. The van der Waals surface area contributed by atoms with E-state index in [-0.39, 0.29) is 9.92 Å². The first-order valence-electron chi connectivity index (χ1n) is 3.06. The van der Waals surface area contributed by atoms with Gasteiger partial charge in [0.15, 0.2) is 0 Å². The maximum absolute atomic E-state index is 12.6. The van der Waals surface area contributed by atoms with Crippen LogP contribution in [0.3, 0.4) is 0 Å². The Bertz CT molecular complexity index is 416. The van der Waals surface area contributed by atoms with Crippen LogP contribution in [0.25, 0.3) is 0 Å². The minimum atomic E-state index is -4.01. The minimum absolute atomic E-state index is 0.290. The van der Waals surface area contributed by atoms with E-state index < -0.39 is 15.9 Å². The molecule has 1 aromatic carbocycles. The normalized spacial score (nSPS) is 11.6. The van der Waals surface area contributed by atoms with Crippen molar-refractivity contribution in [1.82, 2.24) is 0 Å². The van der Waals surface area contributed by atoms with E-state index in [2.05, 4.69) is 11.3 Å². The van der Waals surface area contributed by atoms with Crippen LogP contribution in [0.4, 0.5) is 4.39 Å². The molecule has 0 N–H and O–H groups in total. The molecular formula is C7H4ClFO3S. The summed E-state index contributed by atoms with van der Waals surface area (Å²) in [7, 11) is 0.491. The molecule has 0 saturated heterocycles. The van der Waals surface area contributed by atoms with Crippen LogP contribution < -0.4 is 0 Å². The highest BCUT2D eigenvalue weighted by Gasteiger charge is 2.14. The van der Waals surface area contributed by atoms with Crippen molar-refractivity contribution >= 4 is 21.7 Å².